The van der Waals surface area contributed by atoms with E-state index in [1.54, 1.807) is 0 Å². The third-order valence-corrected chi connectivity index (χ3v) is 1.57. The van der Waals surface area contributed by atoms with E-state index in [1.165, 1.54) is 6.08 Å². The van der Waals surface area contributed by atoms with Crippen LogP contribution in [-0.4, -0.2) is 25.8 Å². The maximum absolute atomic E-state index is 10.4. The van der Waals surface area contributed by atoms with Gasteiger partial charge in [-0.15, -0.1) is 0 Å². The van der Waals surface area contributed by atoms with Crippen LogP contribution < -0.4 is 0 Å². The van der Waals surface area contributed by atoms with Gasteiger partial charge in [-0.05, 0) is 20.3 Å². The number of rotatable bonds is 7. The average Bonchev–Trinajstić information content (AvgIpc) is 2.26. The van der Waals surface area contributed by atoms with E-state index >= 15 is 0 Å². The number of esters is 1. The second kappa shape index (κ2) is 15.6. The Hall–Kier alpha value is -0.830. The SMILES string of the molecule is C=CC(=O)OCCCCC.CCOCC. The normalized spacial score (nSPS) is 8.73. The summed E-state index contributed by atoms with van der Waals surface area (Å²) in [6.45, 7) is 11.6. The van der Waals surface area contributed by atoms with Gasteiger partial charge >= 0.3 is 5.97 Å². The zero-order valence-corrected chi connectivity index (χ0v) is 10.3. The molecule has 0 bridgehead atoms. The molecule has 0 aliphatic carbocycles. The van der Waals surface area contributed by atoms with Crippen LogP contribution >= 0.6 is 0 Å². The molecule has 15 heavy (non-hydrogen) atoms. The fourth-order valence-electron chi connectivity index (χ4n) is 0.788. The van der Waals surface area contributed by atoms with Gasteiger partial charge in [0.1, 0.15) is 0 Å². The molecule has 0 unspecified atom stereocenters. The predicted octanol–water partition coefficient (Wildman–Crippen LogP) is 2.95. The van der Waals surface area contributed by atoms with Crippen molar-refractivity contribution in [2.75, 3.05) is 19.8 Å². The first-order valence-electron chi connectivity index (χ1n) is 5.59. The quantitative estimate of drug-likeness (QED) is 0.373. The third-order valence-electron chi connectivity index (χ3n) is 1.57. The maximum atomic E-state index is 10.4. The zero-order valence-electron chi connectivity index (χ0n) is 10.3. The molecular weight excluding hydrogens is 192 g/mol. The largest absolute Gasteiger partial charge is 0.463 e. The molecule has 90 valence electrons. The van der Waals surface area contributed by atoms with Crippen LogP contribution in [0.1, 0.15) is 40.0 Å². The molecule has 0 saturated carbocycles. The number of unbranched alkanes of at least 4 members (excludes halogenated alkanes) is 2. The Labute approximate surface area is 93.5 Å². The van der Waals surface area contributed by atoms with Crippen molar-refractivity contribution in [1.82, 2.24) is 0 Å². The first-order valence-corrected chi connectivity index (χ1v) is 5.59. The lowest BCUT2D eigenvalue weighted by Crippen LogP contribution is -2.01. The molecule has 0 atom stereocenters. The van der Waals surface area contributed by atoms with Gasteiger partial charge in [0.25, 0.3) is 0 Å². The Kier molecular flexibility index (Phi) is 17.3. The van der Waals surface area contributed by atoms with E-state index in [4.69, 9.17) is 9.47 Å². The molecule has 0 aromatic rings. The zero-order chi connectivity index (χ0) is 11.9. The van der Waals surface area contributed by atoms with Crippen molar-refractivity contribution in [3.05, 3.63) is 12.7 Å². The molecule has 3 nitrogen and oxygen atoms in total. The molecule has 0 radical (unpaired) electrons. The van der Waals surface area contributed by atoms with Gasteiger partial charge in [0.2, 0.25) is 0 Å². The number of hydrogen-bond donors (Lipinski definition) is 0. The number of carbonyl (C=O) groups excluding carboxylic acids is 1. The van der Waals surface area contributed by atoms with Crippen molar-refractivity contribution in [2.24, 2.45) is 0 Å². The van der Waals surface area contributed by atoms with Crippen LogP contribution in [0.15, 0.2) is 12.7 Å². The van der Waals surface area contributed by atoms with Crippen molar-refractivity contribution < 1.29 is 14.3 Å². The molecule has 0 heterocycles. The second-order valence-corrected chi connectivity index (χ2v) is 2.86. The fraction of sp³-hybridized carbons (Fsp3) is 0.750. The molecular formula is C12H24O3. The van der Waals surface area contributed by atoms with Gasteiger partial charge in [0.05, 0.1) is 6.61 Å². The van der Waals surface area contributed by atoms with Gasteiger partial charge in [0, 0.05) is 19.3 Å². The van der Waals surface area contributed by atoms with Crippen LogP contribution in [0.3, 0.4) is 0 Å². The Morgan fingerprint density at radius 1 is 1.20 bits per heavy atom. The second-order valence-electron chi connectivity index (χ2n) is 2.86. The first kappa shape index (κ1) is 16.6. The summed E-state index contributed by atoms with van der Waals surface area (Å²) in [5.41, 5.74) is 0. The Balaban J connectivity index is 0. The van der Waals surface area contributed by atoms with Crippen LogP contribution in [0, 0.1) is 0 Å². The molecule has 0 spiro atoms. The number of carbonyl (C=O) groups is 1. The van der Waals surface area contributed by atoms with E-state index in [1.807, 2.05) is 13.8 Å². The molecule has 0 aromatic carbocycles. The van der Waals surface area contributed by atoms with E-state index in [9.17, 15) is 4.79 Å². The summed E-state index contributed by atoms with van der Waals surface area (Å²) in [5.74, 6) is -0.323. The van der Waals surface area contributed by atoms with Crippen LogP contribution in [-0.2, 0) is 14.3 Å². The van der Waals surface area contributed by atoms with Crippen LogP contribution in [0.25, 0.3) is 0 Å². The number of hydrogen-bond acceptors (Lipinski definition) is 3. The van der Waals surface area contributed by atoms with Crippen molar-refractivity contribution >= 4 is 5.97 Å². The molecule has 0 fully saturated rings. The van der Waals surface area contributed by atoms with Gasteiger partial charge in [0.15, 0.2) is 0 Å². The standard InChI is InChI=1S/C8H14O2.C4H10O/c1-3-5-6-7-10-8(9)4-2;1-3-5-4-2/h4H,2-3,5-7H2,1H3;3-4H2,1-2H3. The molecule has 0 N–H and O–H groups in total. The highest BCUT2D eigenvalue weighted by atomic mass is 16.5. The molecule has 0 rings (SSSR count). The highest BCUT2D eigenvalue weighted by Gasteiger charge is 1.92. The smallest absolute Gasteiger partial charge is 0.330 e. The first-order chi connectivity index (χ1) is 7.22. The molecule has 0 amide bonds. The van der Waals surface area contributed by atoms with E-state index in [0.29, 0.717) is 6.61 Å². The summed E-state index contributed by atoms with van der Waals surface area (Å²) < 4.78 is 9.57. The third kappa shape index (κ3) is 19.5. The molecule has 0 aliphatic rings. The van der Waals surface area contributed by atoms with Crippen molar-refractivity contribution in [3.8, 4) is 0 Å². The minimum absolute atomic E-state index is 0.323. The lowest BCUT2D eigenvalue weighted by atomic mass is 10.3. The van der Waals surface area contributed by atoms with Crippen LogP contribution in [0.5, 0.6) is 0 Å². The van der Waals surface area contributed by atoms with E-state index in [0.717, 1.165) is 32.5 Å². The fourth-order valence-corrected chi connectivity index (χ4v) is 0.788. The van der Waals surface area contributed by atoms with Gasteiger partial charge in [-0.2, -0.15) is 0 Å². The van der Waals surface area contributed by atoms with Gasteiger partial charge in [-0.25, -0.2) is 4.79 Å². The van der Waals surface area contributed by atoms with Crippen LogP contribution in [0.4, 0.5) is 0 Å². The summed E-state index contributed by atoms with van der Waals surface area (Å²) in [6.07, 6.45) is 4.40. The highest BCUT2D eigenvalue weighted by molar-refractivity contribution is 5.81. The Morgan fingerprint density at radius 2 is 1.80 bits per heavy atom. The van der Waals surface area contributed by atoms with Gasteiger partial charge < -0.3 is 9.47 Å². The van der Waals surface area contributed by atoms with Gasteiger partial charge in [-0.3, -0.25) is 0 Å². The Morgan fingerprint density at radius 3 is 2.13 bits per heavy atom. The van der Waals surface area contributed by atoms with Crippen molar-refractivity contribution in [1.29, 1.82) is 0 Å². The highest BCUT2D eigenvalue weighted by Crippen LogP contribution is 1.94. The maximum Gasteiger partial charge on any atom is 0.330 e. The van der Waals surface area contributed by atoms with Crippen molar-refractivity contribution in [2.45, 2.75) is 40.0 Å². The summed E-state index contributed by atoms with van der Waals surface area (Å²) in [6, 6.07) is 0. The molecule has 0 aromatic heterocycles. The molecule has 0 saturated heterocycles. The van der Waals surface area contributed by atoms with Crippen molar-refractivity contribution in [3.63, 3.8) is 0 Å². The minimum Gasteiger partial charge on any atom is -0.463 e. The lowest BCUT2D eigenvalue weighted by Gasteiger charge is -1.98. The summed E-state index contributed by atoms with van der Waals surface area (Å²) in [5, 5.41) is 0. The van der Waals surface area contributed by atoms with Crippen LogP contribution in [0.2, 0.25) is 0 Å². The van der Waals surface area contributed by atoms with E-state index in [2.05, 4.69) is 13.5 Å². The summed E-state index contributed by atoms with van der Waals surface area (Å²) >= 11 is 0. The average molecular weight is 216 g/mol. The summed E-state index contributed by atoms with van der Waals surface area (Å²) in [4.78, 5) is 10.4. The topological polar surface area (TPSA) is 35.5 Å². The van der Waals surface area contributed by atoms with E-state index in [-0.39, 0.29) is 5.97 Å². The van der Waals surface area contributed by atoms with E-state index < -0.39 is 0 Å². The lowest BCUT2D eigenvalue weighted by molar-refractivity contribution is -0.137. The monoisotopic (exact) mass is 216 g/mol. The number of ether oxygens (including phenoxy) is 2. The predicted molar refractivity (Wildman–Crippen MR) is 62.8 cm³/mol. The minimum atomic E-state index is -0.323. The summed E-state index contributed by atoms with van der Waals surface area (Å²) in [7, 11) is 0. The molecule has 0 aliphatic heterocycles. The Bertz CT molecular complexity index is 142. The van der Waals surface area contributed by atoms with Gasteiger partial charge in [-0.1, -0.05) is 26.3 Å². The molecule has 3 heteroatoms.